The Balaban J connectivity index is 1.77. The van der Waals surface area contributed by atoms with Crippen molar-refractivity contribution < 1.29 is 36.1 Å². The van der Waals surface area contributed by atoms with E-state index in [1.54, 1.807) is 27.7 Å². The standard InChI is InChI=1S/C26H31BF5N3O3/c1-15-14-35(10-9-34(15)6)22-13-20(29)19(27-37-24(2,3)25(4,5)38-27)12-21(22)33-23(36)17-8-7-16(28)11-18(17)26(30,31)32/h7-8,11-13,15H,9-10,14H2,1-6H3,(H,33,36). The van der Waals surface area contributed by atoms with Gasteiger partial charge in [0.2, 0.25) is 0 Å². The Morgan fingerprint density at radius 3 is 2.26 bits per heavy atom. The van der Waals surface area contributed by atoms with Gasteiger partial charge in [0.15, 0.2) is 0 Å². The molecule has 6 nitrogen and oxygen atoms in total. The first-order chi connectivity index (χ1) is 17.5. The predicted molar refractivity (Wildman–Crippen MR) is 136 cm³/mol. The number of benzene rings is 2. The van der Waals surface area contributed by atoms with Crippen molar-refractivity contribution in [2.24, 2.45) is 0 Å². The summed E-state index contributed by atoms with van der Waals surface area (Å²) in [6.07, 6.45) is -4.96. The SMILES string of the molecule is CC1CN(c2cc(F)c(B3OC(C)(C)C(C)(C)O3)cc2NC(=O)c2ccc(F)cc2C(F)(F)F)CCN1C. The first kappa shape index (κ1) is 28.3. The summed E-state index contributed by atoms with van der Waals surface area (Å²) in [5.41, 5.74) is -3.29. The quantitative estimate of drug-likeness (QED) is 0.452. The molecule has 2 aromatic rings. The maximum Gasteiger partial charge on any atom is 0.497 e. The highest BCUT2D eigenvalue weighted by atomic mass is 19.4. The van der Waals surface area contributed by atoms with E-state index in [4.69, 9.17) is 9.31 Å². The van der Waals surface area contributed by atoms with Crippen LogP contribution in [0.25, 0.3) is 0 Å². The van der Waals surface area contributed by atoms with Gasteiger partial charge in [-0.25, -0.2) is 8.78 Å². The van der Waals surface area contributed by atoms with E-state index in [1.165, 1.54) is 12.1 Å². The molecule has 2 aliphatic heterocycles. The third kappa shape index (κ3) is 5.39. The van der Waals surface area contributed by atoms with Gasteiger partial charge in [-0.05, 0) is 72.0 Å². The highest BCUT2D eigenvalue weighted by Crippen LogP contribution is 2.38. The third-order valence-electron chi connectivity index (χ3n) is 7.70. The van der Waals surface area contributed by atoms with Crippen molar-refractivity contribution >= 4 is 29.9 Å². The van der Waals surface area contributed by atoms with E-state index in [1.807, 2.05) is 18.9 Å². The van der Waals surface area contributed by atoms with E-state index in [2.05, 4.69) is 10.2 Å². The number of carbonyl (C=O) groups is 1. The molecule has 4 rings (SSSR count). The molecule has 0 aliphatic carbocycles. The maximum absolute atomic E-state index is 15.5. The fourth-order valence-corrected chi connectivity index (χ4v) is 4.50. The fourth-order valence-electron chi connectivity index (χ4n) is 4.50. The Labute approximate surface area is 219 Å². The van der Waals surface area contributed by atoms with Gasteiger partial charge in [-0.3, -0.25) is 4.79 Å². The smallest absolute Gasteiger partial charge is 0.399 e. The highest BCUT2D eigenvalue weighted by molar-refractivity contribution is 6.62. The lowest BCUT2D eigenvalue weighted by atomic mass is 9.78. The summed E-state index contributed by atoms with van der Waals surface area (Å²) in [5, 5.41) is 2.52. The molecule has 2 heterocycles. The number of amides is 1. The molecule has 1 atom stereocenters. The average molecular weight is 539 g/mol. The molecule has 1 N–H and O–H groups in total. The maximum atomic E-state index is 15.5. The summed E-state index contributed by atoms with van der Waals surface area (Å²) in [7, 11) is 0.854. The summed E-state index contributed by atoms with van der Waals surface area (Å²) in [5.74, 6) is -2.86. The lowest BCUT2D eigenvalue weighted by Gasteiger charge is -2.39. The van der Waals surface area contributed by atoms with Crippen LogP contribution in [0.15, 0.2) is 30.3 Å². The lowest BCUT2D eigenvalue weighted by molar-refractivity contribution is -0.138. The van der Waals surface area contributed by atoms with E-state index in [0.29, 0.717) is 25.3 Å². The molecule has 0 spiro atoms. The Morgan fingerprint density at radius 1 is 1.05 bits per heavy atom. The molecule has 38 heavy (non-hydrogen) atoms. The Bertz CT molecular complexity index is 1220. The van der Waals surface area contributed by atoms with Gasteiger partial charge in [0.1, 0.15) is 11.6 Å². The zero-order valence-corrected chi connectivity index (χ0v) is 22.2. The van der Waals surface area contributed by atoms with Gasteiger partial charge in [0, 0.05) is 31.1 Å². The Morgan fingerprint density at radius 2 is 1.68 bits per heavy atom. The monoisotopic (exact) mass is 539 g/mol. The number of halogens is 5. The zero-order chi connectivity index (χ0) is 28.2. The molecular formula is C26H31BF5N3O3. The van der Waals surface area contributed by atoms with Crippen LogP contribution in [0.2, 0.25) is 0 Å². The molecule has 1 amide bonds. The summed E-state index contributed by atoms with van der Waals surface area (Å²) in [4.78, 5) is 17.1. The van der Waals surface area contributed by atoms with Gasteiger partial charge in [-0.15, -0.1) is 0 Å². The van der Waals surface area contributed by atoms with E-state index in [9.17, 15) is 22.4 Å². The molecule has 0 aromatic heterocycles. The number of nitrogens with zero attached hydrogens (tertiary/aromatic N) is 2. The normalized spacial score (nSPS) is 21.6. The minimum Gasteiger partial charge on any atom is -0.399 e. The van der Waals surface area contributed by atoms with Gasteiger partial charge in [-0.1, -0.05) is 0 Å². The molecule has 206 valence electrons. The zero-order valence-electron chi connectivity index (χ0n) is 22.2. The van der Waals surface area contributed by atoms with Crippen LogP contribution >= 0.6 is 0 Å². The molecule has 1 unspecified atom stereocenters. The van der Waals surface area contributed by atoms with Crippen molar-refractivity contribution in [2.45, 2.75) is 58.0 Å². The van der Waals surface area contributed by atoms with Crippen LogP contribution in [-0.4, -0.2) is 61.9 Å². The number of piperazine rings is 1. The summed E-state index contributed by atoms with van der Waals surface area (Å²) in [6, 6.07) is 4.52. The van der Waals surface area contributed by atoms with Crippen molar-refractivity contribution in [2.75, 3.05) is 36.9 Å². The van der Waals surface area contributed by atoms with Crippen LogP contribution in [-0.2, 0) is 15.5 Å². The van der Waals surface area contributed by atoms with Crippen molar-refractivity contribution in [3.8, 4) is 0 Å². The van der Waals surface area contributed by atoms with E-state index in [-0.39, 0.29) is 23.3 Å². The number of nitrogens with one attached hydrogen (secondary N) is 1. The molecule has 0 saturated carbocycles. The molecule has 0 radical (unpaired) electrons. The van der Waals surface area contributed by atoms with Crippen molar-refractivity contribution in [3.05, 3.63) is 53.1 Å². The highest BCUT2D eigenvalue weighted by Gasteiger charge is 2.52. The lowest BCUT2D eigenvalue weighted by Crippen LogP contribution is -2.50. The largest absolute Gasteiger partial charge is 0.497 e. The molecule has 2 aliphatic rings. The Kier molecular flexibility index (Phi) is 7.30. The molecule has 12 heteroatoms. The number of rotatable bonds is 4. The second-order valence-corrected chi connectivity index (χ2v) is 10.9. The first-order valence-corrected chi connectivity index (χ1v) is 12.3. The van der Waals surface area contributed by atoms with Crippen LogP contribution < -0.4 is 15.7 Å². The van der Waals surface area contributed by atoms with Gasteiger partial charge in [0.05, 0.1) is 33.7 Å². The number of anilines is 2. The minimum atomic E-state index is -4.96. The van der Waals surface area contributed by atoms with Crippen molar-refractivity contribution in [3.63, 3.8) is 0 Å². The number of alkyl halides is 3. The van der Waals surface area contributed by atoms with Gasteiger partial charge < -0.3 is 24.4 Å². The average Bonchev–Trinajstić information content (AvgIpc) is 3.02. The number of likely N-dealkylation sites (N-methyl/N-ethyl adjacent to an activating group) is 1. The first-order valence-electron chi connectivity index (χ1n) is 12.3. The van der Waals surface area contributed by atoms with Gasteiger partial charge in [0.25, 0.3) is 5.91 Å². The molecule has 2 saturated heterocycles. The van der Waals surface area contributed by atoms with Crippen LogP contribution in [0.4, 0.5) is 33.3 Å². The van der Waals surface area contributed by atoms with Gasteiger partial charge in [-0.2, -0.15) is 13.2 Å². The second kappa shape index (κ2) is 9.80. The van der Waals surface area contributed by atoms with Gasteiger partial charge >= 0.3 is 13.3 Å². The number of hydrogen-bond acceptors (Lipinski definition) is 5. The summed E-state index contributed by atoms with van der Waals surface area (Å²) < 4.78 is 81.9. The minimum absolute atomic E-state index is 0.0000249. The van der Waals surface area contributed by atoms with Crippen LogP contribution in [0, 0.1) is 11.6 Å². The van der Waals surface area contributed by atoms with Crippen LogP contribution in [0.5, 0.6) is 0 Å². The summed E-state index contributed by atoms with van der Waals surface area (Å²) in [6.45, 7) is 10.9. The fraction of sp³-hybridized carbons (Fsp3) is 0.500. The molecular weight excluding hydrogens is 508 g/mol. The third-order valence-corrected chi connectivity index (χ3v) is 7.70. The van der Waals surface area contributed by atoms with Crippen molar-refractivity contribution in [1.82, 2.24) is 4.90 Å². The van der Waals surface area contributed by atoms with Crippen LogP contribution in [0.3, 0.4) is 0 Å². The number of hydrogen-bond donors (Lipinski definition) is 1. The Hall–Kier alpha value is -2.70. The van der Waals surface area contributed by atoms with E-state index < -0.39 is 53.2 Å². The summed E-state index contributed by atoms with van der Waals surface area (Å²) >= 11 is 0. The predicted octanol–water partition coefficient (Wildman–Crippen LogP) is 4.68. The van der Waals surface area contributed by atoms with E-state index in [0.717, 1.165) is 12.1 Å². The molecule has 0 bridgehead atoms. The second-order valence-electron chi connectivity index (χ2n) is 10.9. The molecule has 2 aromatic carbocycles. The van der Waals surface area contributed by atoms with Crippen LogP contribution in [0.1, 0.15) is 50.5 Å². The molecule has 2 fully saturated rings. The number of carbonyl (C=O) groups excluding carboxylic acids is 1. The van der Waals surface area contributed by atoms with Crippen molar-refractivity contribution in [1.29, 1.82) is 0 Å². The topological polar surface area (TPSA) is 54.0 Å². The van der Waals surface area contributed by atoms with E-state index >= 15 is 4.39 Å².